The van der Waals surface area contributed by atoms with Crippen LogP contribution in [0.3, 0.4) is 0 Å². The summed E-state index contributed by atoms with van der Waals surface area (Å²) in [5.74, 6) is -1.63. The highest BCUT2D eigenvalue weighted by molar-refractivity contribution is 5.95. The molecule has 0 radical (unpaired) electrons. The van der Waals surface area contributed by atoms with E-state index >= 15 is 0 Å². The smallest absolute Gasteiger partial charge is 0.251 e. The van der Waals surface area contributed by atoms with Crippen molar-refractivity contribution in [3.8, 4) is 11.5 Å². The van der Waals surface area contributed by atoms with E-state index < -0.39 is 17.9 Å². The van der Waals surface area contributed by atoms with Gasteiger partial charge in [-0.2, -0.15) is 0 Å². The Kier molecular flexibility index (Phi) is 3.92. The van der Waals surface area contributed by atoms with Crippen molar-refractivity contribution in [2.75, 3.05) is 0 Å². The van der Waals surface area contributed by atoms with Gasteiger partial charge in [0, 0.05) is 18.0 Å². The quantitative estimate of drug-likeness (QED) is 0.557. The number of benzene rings is 1. The van der Waals surface area contributed by atoms with Crippen LogP contribution in [0.4, 0.5) is 0 Å². The van der Waals surface area contributed by atoms with Crippen LogP contribution in [0.5, 0.6) is 11.5 Å². The van der Waals surface area contributed by atoms with Crippen LogP contribution in [0.1, 0.15) is 23.7 Å². The molecule has 17 heavy (non-hydrogen) atoms. The minimum Gasteiger partial charge on any atom is -0.504 e. The SMILES string of the molecule is CC(CC(N)=O)NC(=O)c1ccc(O)c(O)c1. The minimum atomic E-state index is -0.508. The zero-order valence-corrected chi connectivity index (χ0v) is 9.30. The molecular weight excluding hydrogens is 224 g/mol. The van der Waals surface area contributed by atoms with Crippen LogP contribution in [0.25, 0.3) is 0 Å². The summed E-state index contributed by atoms with van der Waals surface area (Å²) in [5, 5.41) is 20.8. The average Bonchev–Trinajstić information content (AvgIpc) is 2.20. The summed E-state index contributed by atoms with van der Waals surface area (Å²) in [5.41, 5.74) is 5.18. The van der Waals surface area contributed by atoms with Crippen molar-refractivity contribution in [2.24, 2.45) is 5.73 Å². The highest BCUT2D eigenvalue weighted by atomic mass is 16.3. The summed E-state index contributed by atoms with van der Waals surface area (Å²) < 4.78 is 0. The second kappa shape index (κ2) is 5.20. The third kappa shape index (κ3) is 3.67. The Morgan fingerprint density at radius 1 is 1.35 bits per heavy atom. The first kappa shape index (κ1) is 12.8. The van der Waals surface area contributed by atoms with Crippen LogP contribution in [-0.4, -0.2) is 28.1 Å². The highest BCUT2D eigenvalue weighted by Gasteiger charge is 2.13. The Bertz CT molecular complexity index is 445. The number of hydrogen-bond donors (Lipinski definition) is 4. The summed E-state index contributed by atoms with van der Waals surface area (Å²) in [6, 6.07) is 3.32. The van der Waals surface area contributed by atoms with Gasteiger partial charge in [-0.3, -0.25) is 9.59 Å². The van der Waals surface area contributed by atoms with Crippen molar-refractivity contribution >= 4 is 11.8 Å². The average molecular weight is 238 g/mol. The normalized spacial score (nSPS) is 11.8. The molecule has 0 fully saturated rings. The number of phenolic OH excluding ortho intramolecular Hbond substituents is 2. The molecule has 0 aromatic heterocycles. The maximum Gasteiger partial charge on any atom is 0.251 e. The van der Waals surface area contributed by atoms with Gasteiger partial charge in [-0.25, -0.2) is 0 Å². The third-order valence-electron chi connectivity index (χ3n) is 2.12. The molecule has 1 unspecified atom stereocenters. The summed E-state index contributed by atoms with van der Waals surface area (Å²) >= 11 is 0. The number of nitrogens with two attached hydrogens (primary N) is 1. The molecule has 0 saturated heterocycles. The third-order valence-corrected chi connectivity index (χ3v) is 2.12. The number of carbonyl (C=O) groups is 2. The van der Waals surface area contributed by atoms with E-state index in [4.69, 9.17) is 10.8 Å². The Morgan fingerprint density at radius 3 is 2.53 bits per heavy atom. The molecular formula is C11H14N2O4. The van der Waals surface area contributed by atoms with Crippen molar-refractivity contribution in [3.63, 3.8) is 0 Å². The number of hydrogen-bond acceptors (Lipinski definition) is 4. The van der Waals surface area contributed by atoms with Gasteiger partial charge in [0.15, 0.2) is 11.5 Å². The molecule has 1 aromatic rings. The molecule has 0 saturated carbocycles. The molecule has 0 heterocycles. The monoisotopic (exact) mass is 238 g/mol. The molecule has 5 N–H and O–H groups in total. The molecule has 1 aromatic carbocycles. The van der Waals surface area contributed by atoms with Gasteiger partial charge < -0.3 is 21.3 Å². The molecule has 0 bridgehead atoms. The van der Waals surface area contributed by atoms with Gasteiger partial charge in [-0.1, -0.05) is 0 Å². The zero-order chi connectivity index (χ0) is 13.0. The van der Waals surface area contributed by atoms with Crippen molar-refractivity contribution in [3.05, 3.63) is 23.8 Å². The van der Waals surface area contributed by atoms with Gasteiger partial charge >= 0.3 is 0 Å². The lowest BCUT2D eigenvalue weighted by Crippen LogP contribution is -2.35. The Morgan fingerprint density at radius 2 is 2.00 bits per heavy atom. The van der Waals surface area contributed by atoms with Crippen LogP contribution in [0, 0.1) is 0 Å². The van der Waals surface area contributed by atoms with E-state index in [1.165, 1.54) is 12.1 Å². The number of aromatic hydroxyl groups is 2. The van der Waals surface area contributed by atoms with Crippen LogP contribution in [0.15, 0.2) is 18.2 Å². The van der Waals surface area contributed by atoms with Gasteiger partial charge in [0.2, 0.25) is 5.91 Å². The summed E-state index contributed by atoms with van der Waals surface area (Å²) in [4.78, 5) is 22.3. The van der Waals surface area contributed by atoms with Crippen molar-refractivity contribution in [1.29, 1.82) is 0 Å². The standard InChI is InChI=1S/C11H14N2O4/c1-6(4-10(12)16)13-11(17)7-2-3-8(14)9(15)5-7/h2-3,5-6,14-15H,4H2,1H3,(H2,12,16)(H,13,17). The number of phenols is 2. The Balaban J connectivity index is 2.70. The van der Waals surface area contributed by atoms with Crippen molar-refractivity contribution < 1.29 is 19.8 Å². The molecule has 1 rings (SSSR count). The Hall–Kier alpha value is -2.24. The van der Waals surface area contributed by atoms with Gasteiger partial charge in [-0.05, 0) is 25.1 Å². The number of carbonyl (C=O) groups excluding carboxylic acids is 2. The van der Waals surface area contributed by atoms with E-state index in [9.17, 15) is 14.7 Å². The minimum absolute atomic E-state index is 0.0375. The summed E-state index contributed by atoms with van der Waals surface area (Å²) in [7, 11) is 0. The predicted molar refractivity (Wildman–Crippen MR) is 60.5 cm³/mol. The maximum atomic E-state index is 11.6. The number of nitrogens with one attached hydrogen (secondary N) is 1. The Labute approximate surface area is 98.1 Å². The molecule has 2 amide bonds. The first-order valence-corrected chi connectivity index (χ1v) is 5.01. The fourth-order valence-corrected chi connectivity index (χ4v) is 1.32. The van der Waals surface area contributed by atoms with Crippen LogP contribution < -0.4 is 11.1 Å². The topological polar surface area (TPSA) is 113 Å². The van der Waals surface area contributed by atoms with Crippen molar-refractivity contribution in [1.82, 2.24) is 5.32 Å². The van der Waals surface area contributed by atoms with Crippen LogP contribution in [-0.2, 0) is 4.79 Å². The lowest BCUT2D eigenvalue weighted by Gasteiger charge is -2.12. The van der Waals surface area contributed by atoms with Gasteiger partial charge in [0.25, 0.3) is 5.91 Å². The second-order valence-electron chi connectivity index (χ2n) is 3.75. The van der Waals surface area contributed by atoms with E-state index in [1.807, 2.05) is 0 Å². The number of amides is 2. The van der Waals surface area contributed by atoms with Gasteiger partial charge in [-0.15, -0.1) is 0 Å². The molecule has 0 aliphatic carbocycles. The molecule has 0 aliphatic heterocycles. The molecule has 6 nitrogen and oxygen atoms in total. The molecule has 6 heteroatoms. The molecule has 1 atom stereocenters. The largest absolute Gasteiger partial charge is 0.504 e. The fraction of sp³-hybridized carbons (Fsp3) is 0.273. The molecule has 0 aliphatic rings. The predicted octanol–water partition coefficient (Wildman–Crippen LogP) is 0.0915. The van der Waals surface area contributed by atoms with E-state index in [0.717, 1.165) is 6.07 Å². The summed E-state index contributed by atoms with van der Waals surface area (Å²) in [6.45, 7) is 1.64. The van der Waals surface area contributed by atoms with E-state index in [1.54, 1.807) is 6.92 Å². The lowest BCUT2D eigenvalue weighted by atomic mass is 10.1. The lowest BCUT2D eigenvalue weighted by molar-refractivity contribution is -0.118. The highest BCUT2D eigenvalue weighted by Crippen LogP contribution is 2.24. The molecule has 92 valence electrons. The second-order valence-corrected chi connectivity index (χ2v) is 3.75. The van der Waals surface area contributed by atoms with Crippen LogP contribution in [0.2, 0.25) is 0 Å². The maximum absolute atomic E-state index is 11.6. The number of primary amides is 1. The fourth-order valence-electron chi connectivity index (χ4n) is 1.32. The first-order valence-electron chi connectivity index (χ1n) is 5.01. The van der Waals surface area contributed by atoms with Crippen LogP contribution >= 0.6 is 0 Å². The molecule has 0 spiro atoms. The van der Waals surface area contributed by atoms with E-state index in [2.05, 4.69) is 5.32 Å². The van der Waals surface area contributed by atoms with E-state index in [-0.39, 0.29) is 23.5 Å². The van der Waals surface area contributed by atoms with Gasteiger partial charge in [0.05, 0.1) is 0 Å². The first-order chi connectivity index (χ1) is 7.90. The van der Waals surface area contributed by atoms with E-state index in [0.29, 0.717) is 0 Å². The number of rotatable bonds is 4. The van der Waals surface area contributed by atoms with Crippen molar-refractivity contribution in [2.45, 2.75) is 19.4 Å². The summed E-state index contributed by atoms with van der Waals surface area (Å²) in [6.07, 6.45) is 0.0375. The van der Waals surface area contributed by atoms with Gasteiger partial charge in [0.1, 0.15) is 0 Å². The zero-order valence-electron chi connectivity index (χ0n) is 9.30.